The smallest absolute Gasteiger partial charge is 0.264 e. The van der Waals surface area contributed by atoms with Crippen molar-refractivity contribution in [1.82, 2.24) is 10.2 Å². The maximum absolute atomic E-state index is 14.0. The number of methoxy groups -OCH3 is 1. The van der Waals surface area contributed by atoms with Crippen molar-refractivity contribution in [3.8, 4) is 5.75 Å². The normalized spacial score (nSPS) is 11.9. The topological polar surface area (TPSA) is 96.0 Å². The van der Waals surface area contributed by atoms with E-state index in [2.05, 4.69) is 5.32 Å². The number of nitrogens with one attached hydrogen (secondary N) is 1. The van der Waals surface area contributed by atoms with Gasteiger partial charge in [0.25, 0.3) is 10.0 Å². The highest BCUT2D eigenvalue weighted by atomic mass is 32.2. The lowest BCUT2D eigenvalue weighted by Crippen LogP contribution is -2.52. The van der Waals surface area contributed by atoms with Gasteiger partial charge in [-0.2, -0.15) is 0 Å². The minimum atomic E-state index is -4.12. The predicted octanol–water partition coefficient (Wildman–Crippen LogP) is 4.61. The molecule has 39 heavy (non-hydrogen) atoms. The Labute approximate surface area is 231 Å². The third-order valence-electron chi connectivity index (χ3n) is 6.38. The Kier molecular flexibility index (Phi) is 10.9. The van der Waals surface area contributed by atoms with Crippen LogP contribution in [0.4, 0.5) is 5.69 Å². The summed E-state index contributed by atoms with van der Waals surface area (Å²) in [4.78, 5) is 28.6. The van der Waals surface area contributed by atoms with Crippen LogP contribution in [-0.2, 0) is 26.2 Å². The average Bonchev–Trinajstić information content (AvgIpc) is 2.96. The van der Waals surface area contributed by atoms with Crippen LogP contribution in [-0.4, -0.2) is 51.4 Å². The first-order valence-electron chi connectivity index (χ1n) is 13.1. The van der Waals surface area contributed by atoms with E-state index in [1.807, 2.05) is 44.2 Å². The van der Waals surface area contributed by atoms with Gasteiger partial charge in [0.2, 0.25) is 11.8 Å². The number of benzene rings is 3. The minimum absolute atomic E-state index is 0.0268. The molecule has 0 saturated carbocycles. The van der Waals surface area contributed by atoms with Crippen LogP contribution in [0.25, 0.3) is 0 Å². The molecular weight excluding hydrogens is 514 g/mol. The molecule has 0 unspecified atom stereocenters. The Balaban J connectivity index is 1.99. The molecule has 0 aliphatic carbocycles. The van der Waals surface area contributed by atoms with E-state index in [1.165, 1.54) is 24.1 Å². The van der Waals surface area contributed by atoms with Crippen molar-refractivity contribution in [2.75, 3.05) is 24.5 Å². The summed E-state index contributed by atoms with van der Waals surface area (Å²) in [7, 11) is -2.62. The van der Waals surface area contributed by atoms with Gasteiger partial charge < -0.3 is 15.0 Å². The van der Waals surface area contributed by atoms with Crippen LogP contribution in [0.3, 0.4) is 0 Å². The molecular formula is C30H37N3O5S. The summed E-state index contributed by atoms with van der Waals surface area (Å²) in [5.74, 6) is -0.206. The lowest BCUT2D eigenvalue weighted by Gasteiger charge is -2.33. The molecule has 2 amide bonds. The number of amides is 2. The van der Waals surface area contributed by atoms with E-state index in [0.29, 0.717) is 24.4 Å². The molecule has 3 aromatic carbocycles. The van der Waals surface area contributed by atoms with E-state index in [9.17, 15) is 18.0 Å². The van der Waals surface area contributed by atoms with Crippen LogP contribution in [0.15, 0.2) is 89.8 Å². The largest absolute Gasteiger partial charge is 0.497 e. The lowest BCUT2D eigenvalue weighted by molar-refractivity contribution is -0.140. The SMILES string of the molecule is CCCCNC(=O)[C@@H](CC)N(Cc1ccccc1)C(=O)CN(c1ccccc1)S(=O)(=O)c1ccc(OC)cc1. The summed E-state index contributed by atoms with van der Waals surface area (Å²) in [6.07, 6.45) is 2.14. The van der Waals surface area contributed by atoms with Gasteiger partial charge in [0.15, 0.2) is 0 Å². The number of carbonyl (C=O) groups excluding carboxylic acids is 2. The molecule has 3 rings (SSSR count). The van der Waals surface area contributed by atoms with E-state index < -0.39 is 28.5 Å². The second-order valence-electron chi connectivity index (χ2n) is 9.10. The van der Waals surface area contributed by atoms with Gasteiger partial charge in [-0.25, -0.2) is 8.42 Å². The van der Waals surface area contributed by atoms with Crippen molar-refractivity contribution >= 4 is 27.5 Å². The van der Waals surface area contributed by atoms with Gasteiger partial charge in [0.1, 0.15) is 18.3 Å². The summed E-state index contributed by atoms with van der Waals surface area (Å²) in [5.41, 5.74) is 1.19. The van der Waals surface area contributed by atoms with Crippen LogP contribution in [0.5, 0.6) is 5.75 Å². The first-order chi connectivity index (χ1) is 18.8. The molecule has 3 aromatic rings. The first kappa shape index (κ1) is 29.7. The Morgan fingerprint density at radius 3 is 2.08 bits per heavy atom. The number of nitrogens with zero attached hydrogens (tertiary/aromatic N) is 2. The second kappa shape index (κ2) is 14.3. The molecule has 0 aromatic heterocycles. The molecule has 0 radical (unpaired) electrons. The number of unbranched alkanes of at least 4 members (excludes halogenated alkanes) is 1. The number of para-hydroxylation sites is 1. The molecule has 1 N–H and O–H groups in total. The Morgan fingerprint density at radius 1 is 0.897 bits per heavy atom. The number of anilines is 1. The quantitative estimate of drug-likeness (QED) is 0.295. The summed E-state index contributed by atoms with van der Waals surface area (Å²) < 4.78 is 33.9. The third kappa shape index (κ3) is 7.83. The fourth-order valence-corrected chi connectivity index (χ4v) is 5.62. The number of hydrogen-bond acceptors (Lipinski definition) is 5. The summed E-state index contributed by atoms with van der Waals surface area (Å²) in [5, 5.41) is 2.93. The van der Waals surface area contributed by atoms with Crippen molar-refractivity contribution in [2.24, 2.45) is 0 Å². The van der Waals surface area contributed by atoms with Crippen molar-refractivity contribution < 1.29 is 22.7 Å². The highest BCUT2D eigenvalue weighted by Crippen LogP contribution is 2.26. The third-order valence-corrected chi connectivity index (χ3v) is 8.17. The second-order valence-corrected chi connectivity index (χ2v) is 11.0. The number of ether oxygens (including phenoxy) is 1. The molecule has 1 atom stereocenters. The van der Waals surface area contributed by atoms with Gasteiger partial charge in [-0.3, -0.25) is 13.9 Å². The summed E-state index contributed by atoms with van der Waals surface area (Å²) in [6.45, 7) is 4.10. The lowest BCUT2D eigenvalue weighted by atomic mass is 10.1. The number of sulfonamides is 1. The van der Waals surface area contributed by atoms with E-state index >= 15 is 0 Å². The molecule has 0 aliphatic rings. The number of carbonyl (C=O) groups is 2. The van der Waals surface area contributed by atoms with E-state index in [1.54, 1.807) is 42.5 Å². The molecule has 0 fully saturated rings. The fourth-order valence-electron chi connectivity index (χ4n) is 4.20. The van der Waals surface area contributed by atoms with E-state index in [0.717, 1.165) is 22.7 Å². The first-order valence-corrected chi connectivity index (χ1v) is 14.6. The zero-order valence-corrected chi connectivity index (χ0v) is 23.6. The highest BCUT2D eigenvalue weighted by Gasteiger charge is 2.33. The van der Waals surface area contributed by atoms with Gasteiger partial charge in [0.05, 0.1) is 17.7 Å². The molecule has 208 valence electrons. The van der Waals surface area contributed by atoms with Crippen LogP contribution in [0.2, 0.25) is 0 Å². The monoisotopic (exact) mass is 551 g/mol. The maximum atomic E-state index is 14.0. The highest BCUT2D eigenvalue weighted by molar-refractivity contribution is 7.92. The molecule has 0 bridgehead atoms. The van der Waals surface area contributed by atoms with Gasteiger partial charge in [-0.1, -0.05) is 68.8 Å². The minimum Gasteiger partial charge on any atom is -0.497 e. The standard InChI is InChI=1S/C30H37N3O5S/c1-4-6-21-31-30(35)28(5-2)32(22-24-13-9-7-10-14-24)29(34)23-33(25-15-11-8-12-16-25)39(36,37)27-19-17-26(38-3)18-20-27/h7-20,28H,4-6,21-23H2,1-3H3,(H,31,35)/t28-/m1/s1. The fraction of sp³-hybridized carbons (Fsp3) is 0.333. The number of hydrogen-bond donors (Lipinski definition) is 1. The van der Waals surface area contributed by atoms with Crippen molar-refractivity contribution in [3.05, 3.63) is 90.5 Å². The molecule has 0 spiro atoms. The molecule has 0 saturated heterocycles. The summed E-state index contributed by atoms with van der Waals surface area (Å²) in [6, 6.07) is 23.1. The Hall–Kier alpha value is -3.85. The van der Waals surface area contributed by atoms with Crippen LogP contribution in [0, 0.1) is 0 Å². The Bertz CT molecular complexity index is 1300. The summed E-state index contributed by atoms with van der Waals surface area (Å²) >= 11 is 0. The molecule has 9 heteroatoms. The van der Waals surface area contributed by atoms with Crippen molar-refractivity contribution in [2.45, 2.75) is 50.6 Å². The molecule has 0 heterocycles. The van der Waals surface area contributed by atoms with Gasteiger partial charge >= 0.3 is 0 Å². The van der Waals surface area contributed by atoms with Crippen LogP contribution < -0.4 is 14.4 Å². The van der Waals surface area contributed by atoms with Crippen molar-refractivity contribution in [1.29, 1.82) is 0 Å². The van der Waals surface area contributed by atoms with Gasteiger partial charge in [-0.05, 0) is 54.8 Å². The zero-order chi connectivity index (χ0) is 28.3. The van der Waals surface area contributed by atoms with E-state index in [-0.39, 0.29) is 17.3 Å². The maximum Gasteiger partial charge on any atom is 0.264 e. The molecule has 0 aliphatic heterocycles. The predicted molar refractivity (Wildman–Crippen MR) is 153 cm³/mol. The molecule has 8 nitrogen and oxygen atoms in total. The van der Waals surface area contributed by atoms with Gasteiger partial charge in [0, 0.05) is 13.1 Å². The average molecular weight is 552 g/mol. The van der Waals surface area contributed by atoms with Gasteiger partial charge in [-0.15, -0.1) is 0 Å². The van der Waals surface area contributed by atoms with Crippen LogP contribution >= 0.6 is 0 Å². The van der Waals surface area contributed by atoms with Crippen LogP contribution in [0.1, 0.15) is 38.7 Å². The Morgan fingerprint density at radius 2 is 1.51 bits per heavy atom. The van der Waals surface area contributed by atoms with Crippen molar-refractivity contribution in [3.63, 3.8) is 0 Å². The zero-order valence-electron chi connectivity index (χ0n) is 22.7. The van der Waals surface area contributed by atoms with E-state index in [4.69, 9.17) is 4.74 Å². The number of rotatable bonds is 14.